The maximum Gasteiger partial charge on any atom is 0.189 e. The second kappa shape index (κ2) is 7.61. The Morgan fingerprint density at radius 2 is 2.12 bits per heavy atom. The van der Waals surface area contributed by atoms with Crippen LogP contribution < -0.4 is 5.32 Å². The van der Waals surface area contributed by atoms with Crippen molar-refractivity contribution in [2.45, 2.75) is 24.7 Å². The first-order chi connectivity index (χ1) is 11.7. The Hall–Kier alpha value is -2.16. The second-order valence-electron chi connectivity index (χ2n) is 5.25. The number of aliphatic hydroxyl groups is 2. The molecule has 7 nitrogen and oxygen atoms in total. The summed E-state index contributed by atoms with van der Waals surface area (Å²) < 4.78 is 0. The molecule has 0 radical (unpaired) electrons. The molecule has 0 spiro atoms. The topological polar surface area (TPSA) is 107 Å². The fourth-order valence-corrected chi connectivity index (χ4v) is 2.74. The highest BCUT2D eigenvalue weighted by molar-refractivity contribution is 7.98. The van der Waals surface area contributed by atoms with E-state index in [0.717, 1.165) is 22.4 Å². The monoisotopic (exact) mass is 345 g/mol. The Morgan fingerprint density at radius 1 is 1.25 bits per heavy atom. The zero-order valence-electron chi connectivity index (χ0n) is 13.3. The van der Waals surface area contributed by atoms with E-state index < -0.39 is 0 Å². The lowest BCUT2D eigenvalue weighted by Gasteiger charge is -2.08. The van der Waals surface area contributed by atoms with Gasteiger partial charge in [0.2, 0.25) is 0 Å². The number of imidazole rings is 1. The fraction of sp³-hybridized carbons (Fsp3) is 0.312. The van der Waals surface area contributed by atoms with Crippen LogP contribution >= 0.6 is 11.8 Å². The van der Waals surface area contributed by atoms with Gasteiger partial charge in [-0.15, -0.1) is 0 Å². The molecule has 3 aromatic rings. The van der Waals surface area contributed by atoms with Crippen molar-refractivity contribution in [3.63, 3.8) is 0 Å². The van der Waals surface area contributed by atoms with Gasteiger partial charge in [-0.3, -0.25) is 0 Å². The number of nitrogens with zero attached hydrogens (tertiary/aromatic N) is 3. The van der Waals surface area contributed by atoms with E-state index in [2.05, 4.69) is 25.3 Å². The van der Waals surface area contributed by atoms with Gasteiger partial charge in [0.15, 0.2) is 5.16 Å². The molecule has 0 amide bonds. The van der Waals surface area contributed by atoms with Gasteiger partial charge in [-0.2, -0.15) is 0 Å². The SMILES string of the molecule is CSc1ncc(CO)c(NCc2nc3ccc(CCO)cc3[nH]2)n1. The molecule has 0 saturated heterocycles. The van der Waals surface area contributed by atoms with Gasteiger partial charge in [0.25, 0.3) is 0 Å². The quantitative estimate of drug-likeness (QED) is 0.381. The molecule has 24 heavy (non-hydrogen) atoms. The van der Waals surface area contributed by atoms with Crippen LogP contribution in [0.3, 0.4) is 0 Å². The molecule has 4 N–H and O–H groups in total. The molecule has 126 valence electrons. The molecule has 3 rings (SSSR count). The van der Waals surface area contributed by atoms with E-state index in [9.17, 15) is 5.11 Å². The highest BCUT2D eigenvalue weighted by Gasteiger charge is 2.08. The van der Waals surface area contributed by atoms with Gasteiger partial charge in [-0.05, 0) is 30.4 Å². The first-order valence-electron chi connectivity index (χ1n) is 7.56. The number of nitrogens with one attached hydrogen (secondary N) is 2. The molecule has 1 aromatic carbocycles. The van der Waals surface area contributed by atoms with Crippen LogP contribution in [0.15, 0.2) is 29.6 Å². The summed E-state index contributed by atoms with van der Waals surface area (Å²) in [5, 5.41) is 22.3. The summed E-state index contributed by atoms with van der Waals surface area (Å²) in [6.45, 7) is 0.465. The molecule has 2 heterocycles. The predicted octanol–water partition coefficient (Wildman–Crippen LogP) is 1.71. The van der Waals surface area contributed by atoms with E-state index >= 15 is 0 Å². The van der Waals surface area contributed by atoms with Crippen LogP contribution in [0.25, 0.3) is 11.0 Å². The smallest absolute Gasteiger partial charge is 0.189 e. The highest BCUT2D eigenvalue weighted by Crippen LogP contribution is 2.18. The minimum atomic E-state index is -0.123. The van der Waals surface area contributed by atoms with Crippen LogP contribution in [0, 0.1) is 0 Å². The number of fused-ring (bicyclic) bond motifs is 1. The van der Waals surface area contributed by atoms with Crippen molar-refractivity contribution in [1.82, 2.24) is 19.9 Å². The molecule has 2 aromatic heterocycles. The van der Waals surface area contributed by atoms with Crippen LogP contribution in [-0.2, 0) is 19.6 Å². The Morgan fingerprint density at radius 3 is 2.88 bits per heavy atom. The summed E-state index contributed by atoms with van der Waals surface area (Å²) in [4.78, 5) is 16.3. The first-order valence-corrected chi connectivity index (χ1v) is 8.79. The molecular weight excluding hydrogens is 326 g/mol. The molecule has 0 aliphatic rings. The lowest BCUT2D eigenvalue weighted by Crippen LogP contribution is -2.07. The van der Waals surface area contributed by atoms with E-state index in [1.54, 1.807) is 6.20 Å². The average molecular weight is 345 g/mol. The fourth-order valence-electron chi connectivity index (χ4n) is 2.40. The van der Waals surface area contributed by atoms with E-state index in [1.807, 2.05) is 24.5 Å². The third kappa shape index (κ3) is 3.66. The van der Waals surface area contributed by atoms with E-state index in [4.69, 9.17) is 5.11 Å². The zero-order chi connectivity index (χ0) is 16.9. The standard InChI is InChI=1S/C16H19N5O2S/c1-24-16-18-7-11(9-23)15(21-16)17-8-14-19-12-3-2-10(4-5-22)6-13(12)20-14/h2-3,6-7,22-23H,4-5,8-9H2,1H3,(H,19,20)(H,17,18,21). The van der Waals surface area contributed by atoms with E-state index in [0.29, 0.717) is 29.5 Å². The number of aromatic amines is 1. The van der Waals surface area contributed by atoms with Crippen molar-refractivity contribution in [1.29, 1.82) is 0 Å². The minimum absolute atomic E-state index is 0.123. The number of aromatic nitrogens is 4. The Kier molecular flexibility index (Phi) is 5.29. The molecule has 0 saturated carbocycles. The Bertz CT molecular complexity index is 836. The lowest BCUT2D eigenvalue weighted by atomic mass is 10.1. The average Bonchev–Trinajstić information content (AvgIpc) is 3.02. The van der Waals surface area contributed by atoms with Gasteiger partial charge < -0.3 is 20.5 Å². The number of aliphatic hydroxyl groups excluding tert-OH is 2. The van der Waals surface area contributed by atoms with Crippen LogP contribution in [0.5, 0.6) is 0 Å². The number of hydrogen-bond donors (Lipinski definition) is 4. The summed E-state index contributed by atoms with van der Waals surface area (Å²) in [6.07, 6.45) is 4.16. The summed E-state index contributed by atoms with van der Waals surface area (Å²) in [6, 6.07) is 5.91. The molecule has 8 heteroatoms. The Labute approximate surface area is 143 Å². The molecule has 0 bridgehead atoms. The van der Waals surface area contributed by atoms with Gasteiger partial charge in [-0.1, -0.05) is 17.8 Å². The van der Waals surface area contributed by atoms with Crippen LogP contribution in [0.2, 0.25) is 0 Å². The second-order valence-corrected chi connectivity index (χ2v) is 6.02. The van der Waals surface area contributed by atoms with Gasteiger partial charge in [0.1, 0.15) is 11.6 Å². The highest BCUT2D eigenvalue weighted by atomic mass is 32.2. The summed E-state index contributed by atoms with van der Waals surface area (Å²) >= 11 is 1.45. The van der Waals surface area contributed by atoms with Gasteiger partial charge in [0.05, 0.1) is 24.2 Å². The molecule has 0 atom stereocenters. The van der Waals surface area contributed by atoms with Crippen LogP contribution in [-0.4, -0.2) is 43.0 Å². The summed E-state index contributed by atoms with van der Waals surface area (Å²) in [5.74, 6) is 1.39. The molecule has 0 aliphatic carbocycles. The number of benzene rings is 1. The van der Waals surface area contributed by atoms with Crippen molar-refractivity contribution in [3.8, 4) is 0 Å². The molecule has 0 aliphatic heterocycles. The largest absolute Gasteiger partial charge is 0.396 e. The molecular formula is C16H19N5O2S. The lowest BCUT2D eigenvalue weighted by molar-refractivity contribution is 0.281. The molecule has 0 fully saturated rings. The van der Waals surface area contributed by atoms with Gasteiger partial charge in [0, 0.05) is 18.4 Å². The van der Waals surface area contributed by atoms with Crippen molar-refractivity contribution >= 4 is 28.6 Å². The number of hydrogen-bond acceptors (Lipinski definition) is 7. The van der Waals surface area contributed by atoms with Gasteiger partial charge in [-0.25, -0.2) is 15.0 Å². The Balaban J connectivity index is 1.78. The maximum absolute atomic E-state index is 9.40. The third-order valence-corrected chi connectivity index (χ3v) is 4.18. The number of H-pyrrole nitrogens is 1. The maximum atomic E-state index is 9.40. The van der Waals surface area contributed by atoms with Crippen LogP contribution in [0.1, 0.15) is 17.0 Å². The number of thioether (sulfide) groups is 1. The third-order valence-electron chi connectivity index (χ3n) is 3.61. The van der Waals surface area contributed by atoms with Crippen LogP contribution in [0.4, 0.5) is 5.82 Å². The minimum Gasteiger partial charge on any atom is -0.396 e. The van der Waals surface area contributed by atoms with Crippen molar-refractivity contribution in [2.24, 2.45) is 0 Å². The normalized spacial score (nSPS) is 11.1. The van der Waals surface area contributed by atoms with Crippen molar-refractivity contribution in [2.75, 3.05) is 18.2 Å². The number of anilines is 1. The predicted molar refractivity (Wildman–Crippen MR) is 93.9 cm³/mol. The van der Waals surface area contributed by atoms with Crippen molar-refractivity contribution in [3.05, 3.63) is 41.3 Å². The molecule has 0 unspecified atom stereocenters. The van der Waals surface area contributed by atoms with Crippen molar-refractivity contribution < 1.29 is 10.2 Å². The first kappa shape index (κ1) is 16.7. The van der Waals surface area contributed by atoms with E-state index in [-0.39, 0.29) is 13.2 Å². The summed E-state index contributed by atoms with van der Waals surface area (Å²) in [5.41, 5.74) is 3.53. The van der Waals surface area contributed by atoms with Gasteiger partial charge >= 0.3 is 0 Å². The van der Waals surface area contributed by atoms with E-state index in [1.165, 1.54) is 11.8 Å². The zero-order valence-corrected chi connectivity index (χ0v) is 14.1. The summed E-state index contributed by atoms with van der Waals surface area (Å²) in [7, 11) is 0. The number of rotatable bonds is 7.